The molecule has 0 bridgehead atoms. The Morgan fingerprint density at radius 2 is 2.08 bits per heavy atom. The van der Waals surface area contributed by atoms with Crippen LogP contribution in [0.2, 0.25) is 0 Å². The van der Waals surface area contributed by atoms with Crippen molar-refractivity contribution in [2.75, 3.05) is 5.73 Å². The maximum Gasteiger partial charge on any atom is 0.138 e. The summed E-state index contributed by atoms with van der Waals surface area (Å²) in [6.45, 7) is 6.01. The van der Waals surface area contributed by atoms with E-state index in [2.05, 4.69) is 4.98 Å². The van der Waals surface area contributed by atoms with Gasteiger partial charge in [-0.3, -0.25) is 0 Å². The first-order valence-electron chi connectivity index (χ1n) is 4.46. The first kappa shape index (κ1) is 9.58. The Morgan fingerprint density at radius 1 is 1.38 bits per heavy atom. The molecule has 0 radical (unpaired) electrons. The highest BCUT2D eigenvalue weighted by molar-refractivity contribution is 5.52. The summed E-state index contributed by atoms with van der Waals surface area (Å²) >= 11 is 0. The molecule has 0 saturated carbocycles. The minimum atomic E-state index is 0.753. The number of hydrogen-bond donors (Lipinski definition) is 1. The SMILES string of the molecule is CC.Cc1cnc2cc(N)ccn12. The van der Waals surface area contributed by atoms with Gasteiger partial charge in [-0.05, 0) is 13.0 Å². The Morgan fingerprint density at radius 3 is 2.77 bits per heavy atom. The molecule has 0 unspecified atom stereocenters. The summed E-state index contributed by atoms with van der Waals surface area (Å²) in [7, 11) is 0. The van der Waals surface area contributed by atoms with Gasteiger partial charge in [0.15, 0.2) is 0 Å². The van der Waals surface area contributed by atoms with E-state index in [0.29, 0.717) is 0 Å². The number of aryl methyl sites for hydroxylation is 1. The predicted molar refractivity (Wildman–Crippen MR) is 55.7 cm³/mol. The number of pyridine rings is 1. The highest BCUT2D eigenvalue weighted by atomic mass is 15.0. The van der Waals surface area contributed by atoms with Crippen LogP contribution in [0.4, 0.5) is 5.69 Å². The third kappa shape index (κ3) is 1.80. The van der Waals surface area contributed by atoms with Crippen LogP contribution in [0, 0.1) is 6.92 Å². The Hall–Kier alpha value is -1.51. The molecular weight excluding hydrogens is 162 g/mol. The fourth-order valence-electron chi connectivity index (χ4n) is 1.12. The Labute approximate surface area is 78.2 Å². The molecule has 0 saturated heterocycles. The second-order valence-corrected chi connectivity index (χ2v) is 2.59. The average molecular weight is 177 g/mol. The molecule has 2 rings (SSSR count). The number of hydrogen-bond acceptors (Lipinski definition) is 2. The quantitative estimate of drug-likeness (QED) is 0.670. The number of nitrogens with zero attached hydrogens (tertiary/aromatic N) is 2. The molecular formula is C10H15N3. The van der Waals surface area contributed by atoms with Gasteiger partial charge in [0.2, 0.25) is 0 Å². The third-order valence-electron chi connectivity index (χ3n) is 1.72. The Bertz CT molecular complexity index is 390. The summed E-state index contributed by atoms with van der Waals surface area (Å²) in [5.74, 6) is 0. The molecule has 3 heteroatoms. The maximum atomic E-state index is 5.58. The lowest BCUT2D eigenvalue weighted by molar-refractivity contribution is 1.11. The zero-order valence-corrected chi connectivity index (χ0v) is 8.28. The molecule has 0 aliphatic rings. The van der Waals surface area contributed by atoms with Crippen LogP contribution in [-0.2, 0) is 0 Å². The lowest BCUT2D eigenvalue weighted by Crippen LogP contribution is -1.89. The maximum absolute atomic E-state index is 5.58. The summed E-state index contributed by atoms with van der Waals surface area (Å²) in [6, 6.07) is 3.72. The van der Waals surface area contributed by atoms with E-state index in [1.54, 1.807) is 0 Å². The summed E-state index contributed by atoms with van der Waals surface area (Å²) in [5, 5.41) is 0. The van der Waals surface area contributed by atoms with Gasteiger partial charge in [-0.1, -0.05) is 13.8 Å². The van der Waals surface area contributed by atoms with Crippen molar-refractivity contribution in [3.8, 4) is 0 Å². The molecule has 70 valence electrons. The number of fused-ring (bicyclic) bond motifs is 1. The van der Waals surface area contributed by atoms with Crippen LogP contribution in [-0.4, -0.2) is 9.38 Å². The molecule has 3 nitrogen and oxygen atoms in total. The van der Waals surface area contributed by atoms with Crippen molar-refractivity contribution in [3.63, 3.8) is 0 Å². The zero-order chi connectivity index (χ0) is 9.84. The highest BCUT2D eigenvalue weighted by Gasteiger charge is 1.96. The minimum absolute atomic E-state index is 0.753. The van der Waals surface area contributed by atoms with E-state index in [-0.39, 0.29) is 0 Å². The van der Waals surface area contributed by atoms with E-state index in [1.807, 2.05) is 49.7 Å². The van der Waals surface area contributed by atoms with E-state index in [4.69, 9.17) is 5.73 Å². The second kappa shape index (κ2) is 3.94. The number of nitrogens with two attached hydrogens (primary N) is 1. The molecule has 2 aromatic heterocycles. The monoisotopic (exact) mass is 177 g/mol. The van der Waals surface area contributed by atoms with E-state index in [9.17, 15) is 0 Å². The van der Waals surface area contributed by atoms with E-state index in [0.717, 1.165) is 17.0 Å². The van der Waals surface area contributed by atoms with Crippen LogP contribution in [0.3, 0.4) is 0 Å². The summed E-state index contributed by atoms with van der Waals surface area (Å²) in [5.41, 5.74) is 8.36. The van der Waals surface area contributed by atoms with Gasteiger partial charge in [0.1, 0.15) is 5.65 Å². The van der Waals surface area contributed by atoms with Gasteiger partial charge in [-0.25, -0.2) is 4.98 Å². The van der Waals surface area contributed by atoms with Crippen LogP contribution in [0.25, 0.3) is 5.65 Å². The van der Waals surface area contributed by atoms with Crippen molar-refractivity contribution >= 4 is 11.3 Å². The van der Waals surface area contributed by atoms with Gasteiger partial charge >= 0.3 is 0 Å². The lowest BCUT2D eigenvalue weighted by Gasteiger charge is -1.95. The Balaban J connectivity index is 0.000000396. The number of nitrogen functional groups attached to an aromatic ring is 1. The standard InChI is InChI=1S/C8H9N3.C2H6/c1-6-5-10-8-4-7(9)2-3-11(6)8;1-2/h2-5H,9H2,1H3;1-2H3. The van der Waals surface area contributed by atoms with Crippen LogP contribution in [0.1, 0.15) is 19.5 Å². The third-order valence-corrected chi connectivity index (χ3v) is 1.72. The first-order valence-corrected chi connectivity index (χ1v) is 4.46. The molecule has 13 heavy (non-hydrogen) atoms. The van der Waals surface area contributed by atoms with Crippen molar-refractivity contribution in [2.45, 2.75) is 20.8 Å². The van der Waals surface area contributed by atoms with E-state index < -0.39 is 0 Å². The topological polar surface area (TPSA) is 43.3 Å². The fraction of sp³-hybridized carbons (Fsp3) is 0.300. The molecule has 2 aromatic rings. The molecule has 0 aliphatic heterocycles. The van der Waals surface area contributed by atoms with Crippen molar-refractivity contribution in [1.82, 2.24) is 9.38 Å². The summed E-state index contributed by atoms with van der Waals surface area (Å²) in [4.78, 5) is 4.16. The molecule has 2 heterocycles. The van der Waals surface area contributed by atoms with Crippen molar-refractivity contribution in [2.24, 2.45) is 0 Å². The largest absolute Gasteiger partial charge is 0.399 e. The number of rotatable bonds is 0. The molecule has 0 aliphatic carbocycles. The van der Waals surface area contributed by atoms with Crippen LogP contribution >= 0.6 is 0 Å². The van der Waals surface area contributed by atoms with Gasteiger partial charge in [0, 0.05) is 29.8 Å². The predicted octanol–water partition coefficient (Wildman–Crippen LogP) is 2.25. The summed E-state index contributed by atoms with van der Waals surface area (Å²) in [6.07, 6.45) is 3.75. The lowest BCUT2D eigenvalue weighted by atomic mass is 10.4. The van der Waals surface area contributed by atoms with Crippen molar-refractivity contribution < 1.29 is 0 Å². The van der Waals surface area contributed by atoms with Gasteiger partial charge in [-0.2, -0.15) is 0 Å². The molecule has 2 N–H and O–H groups in total. The molecule has 0 aromatic carbocycles. The van der Waals surface area contributed by atoms with Crippen LogP contribution < -0.4 is 5.73 Å². The second-order valence-electron chi connectivity index (χ2n) is 2.59. The number of imidazole rings is 1. The fourth-order valence-corrected chi connectivity index (χ4v) is 1.12. The van der Waals surface area contributed by atoms with Crippen LogP contribution in [0.5, 0.6) is 0 Å². The van der Waals surface area contributed by atoms with Crippen molar-refractivity contribution in [1.29, 1.82) is 0 Å². The highest BCUT2D eigenvalue weighted by Crippen LogP contribution is 2.08. The molecule has 0 spiro atoms. The minimum Gasteiger partial charge on any atom is -0.399 e. The van der Waals surface area contributed by atoms with Gasteiger partial charge < -0.3 is 10.1 Å². The van der Waals surface area contributed by atoms with E-state index >= 15 is 0 Å². The van der Waals surface area contributed by atoms with Gasteiger partial charge in [0.05, 0.1) is 0 Å². The molecule has 0 fully saturated rings. The first-order chi connectivity index (χ1) is 6.27. The smallest absolute Gasteiger partial charge is 0.138 e. The average Bonchev–Trinajstić information content (AvgIpc) is 2.51. The normalized spacial score (nSPS) is 9.46. The molecule has 0 amide bonds. The van der Waals surface area contributed by atoms with E-state index in [1.165, 1.54) is 0 Å². The van der Waals surface area contributed by atoms with Gasteiger partial charge in [0.25, 0.3) is 0 Å². The van der Waals surface area contributed by atoms with Crippen molar-refractivity contribution in [3.05, 3.63) is 30.2 Å². The van der Waals surface area contributed by atoms with Crippen LogP contribution in [0.15, 0.2) is 24.5 Å². The van der Waals surface area contributed by atoms with Gasteiger partial charge in [-0.15, -0.1) is 0 Å². The Kier molecular flexibility index (Phi) is 2.90. The zero-order valence-electron chi connectivity index (χ0n) is 8.28. The number of aromatic nitrogens is 2. The number of anilines is 1. The summed E-state index contributed by atoms with van der Waals surface area (Å²) < 4.78 is 2.00. The molecule has 0 atom stereocenters.